The SMILES string of the molecule is Cc1cnc2nc(S(C)=O)sc2c1. The van der Waals surface area contributed by atoms with Gasteiger partial charge in [0.1, 0.15) is 0 Å². The van der Waals surface area contributed by atoms with E-state index in [4.69, 9.17) is 0 Å². The number of pyridine rings is 1. The van der Waals surface area contributed by atoms with Gasteiger partial charge in [0.25, 0.3) is 0 Å². The summed E-state index contributed by atoms with van der Waals surface area (Å²) < 4.78 is 12.8. The van der Waals surface area contributed by atoms with E-state index in [9.17, 15) is 4.21 Å². The van der Waals surface area contributed by atoms with Crippen LogP contribution in [0.25, 0.3) is 10.3 Å². The summed E-state index contributed by atoms with van der Waals surface area (Å²) in [6.45, 7) is 1.98. The van der Waals surface area contributed by atoms with Crippen LogP contribution in [0.4, 0.5) is 0 Å². The Morgan fingerprint density at radius 1 is 1.54 bits per heavy atom. The number of hydrogen-bond donors (Lipinski definition) is 0. The normalized spacial score (nSPS) is 13.4. The van der Waals surface area contributed by atoms with Gasteiger partial charge in [-0.05, 0) is 18.6 Å². The average Bonchev–Trinajstić information content (AvgIpc) is 2.46. The van der Waals surface area contributed by atoms with Gasteiger partial charge < -0.3 is 0 Å². The molecule has 2 aromatic rings. The van der Waals surface area contributed by atoms with E-state index < -0.39 is 10.8 Å². The van der Waals surface area contributed by atoms with Crippen LogP contribution in [0.5, 0.6) is 0 Å². The Morgan fingerprint density at radius 3 is 3.00 bits per heavy atom. The molecule has 0 aliphatic heterocycles. The van der Waals surface area contributed by atoms with Gasteiger partial charge in [0, 0.05) is 12.5 Å². The second kappa shape index (κ2) is 3.16. The highest BCUT2D eigenvalue weighted by molar-refractivity contribution is 7.86. The van der Waals surface area contributed by atoms with Gasteiger partial charge >= 0.3 is 0 Å². The molecule has 0 amide bonds. The van der Waals surface area contributed by atoms with Crippen molar-refractivity contribution >= 4 is 32.5 Å². The highest BCUT2D eigenvalue weighted by Crippen LogP contribution is 2.22. The summed E-state index contributed by atoms with van der Waals surface area (Å²) in [4.78, 5) is 8.31. The van der Waals surface area contributed by atoms with Crippen LogP contribution < -0.4 is 0 Å². The molecular weight excluding hydrogens is 204 g/mol. The lowest BCUT2D eigenvalue weighted by Crippen LogP contribution is -1.84. The molecule has 68 valence electrons. The summed E-state index contributed by atoms with van der Waals surface area (Å²) in [6, 6.07) is 2.01. The highest BCUT2D eigenvalue weighted by Gasteiger charge is 2.07. The molecule has 0 fully saturated rings. The summed E-state index contributed by atoms with van der Waals surface area (Å²) in [5, 5.41) is 0. The third kappa shape index (κ3) is 1.62. The van der Waals surface area contributed by atoms with Crippen molar-refractivity contribution < 1.29 is 4.21 Å². The molecule has 0 bridgehead atoms. The first-order chi connectivity index (χ1) is 6.16. The zero-order chi connectivity index (χ0) is 9.42. The van der Waals surface area contributed by atoms with E-state index in [1.165, 1.54) is 11.3 Å². The Kier molecular flexibility index (Phi) is 2.13. The maximum absolute atomic E-state index is 11.1. The standard InChI is InChI=1S/C8H8N2OS2/c1-5-3-6-7(9-4-5)10-8(12-6)13(2)11/h3-4H,1-2H3. The summed E-state index contributed by atoms with van der Waals surface area (Å²) >= 11 is 1.45. The molecular formula is C8H8N2OS2. The largest absolute Gasteiger partial charge is 0.252 e. The molecule has 0 aliphatic carbocycles. The Morgan fingerprint density at radius 2 is 2.31 bits per heavy atom. The molecule has 2 rings (SSSR count). The van der Waals surface area contributed by atoms with Gasteiger partial charge in [0.05, 0.1) is 15.5 Å². The van der Waals surface area contributed by atoms with E-state index in [0.29, 0.717) is 9.99 Å². The minimum absolute atomic E-state index is 0.646. The molecule has 1 atom stereocenters. The summed E-state index contributed by atoms with van der Waals surface area (Å²) in [5.41, 5.74) is 1.80. The number of aromatic nitrogens is 2. The lowest BCUT2D eigenvalue weighted by molar-refractivity contribution is 0.686. The van der Waals surface area contributed by atoms with Crippen molar-refractivity contribution in [3.63, 3.8) is 0 Å². The Labute approximate surface area is 82.3 Å². The van der Waals surface area contributed by atoms with Crippen molar-refractivity contribution in [3.8, 4) is 0 Å². The molecule has 0 radical (unpaired) electrons. The van der Waals surface area contributed by atoms with Gasteiger partial charge in [-0.15, -0.1) is 11.3 Å². The van der Waals surface area contributed by atoms with E-state index in [2.05, 4.69) is 9.97 Å². The van der Waals surface area contributed by atoms with Gasteiger partial charge in [0.2, 0.25) is 0 Å². The number of aryl methyl sites for hydroxylation is 1. The molecule has 0 saturated heterocycles. The van der Waals surface area contributed by atoms with Gasteiger partial charge in [-0.3, -0.25) is 4.21 Å². The maximum atomic E-state index is 11.1. The average molecular weight is 212 g/mol. The minimum atomic E-state index is -1.00. The number of fused-ring (bicyclic) bond motifs is 1. The Bertz CT molecular complexity index is 478. The van der Waals surface area contributed by atoms with Crippen molar-refractivity contribution in [2.45, 2.75) is 11.3 Å². The quantitative estimate of drug-likeness (QED) is 0.723. The third-order valence-electron chi connectivity index (χ3n) is 1.61. The van der Waals surface area contributed by atoms with Crippen molar-refractivity contribution in [2.75, 3.05) is 6.26 Å². The van der Waals surface area contributed by atoms with Crippen molar-refractivity contribution in [2.24, 2.45) is 0 Å². The van der Waals surface area contributed by atoms with Crippen LogP contribution in [0.3, 0.4) is 0 Å². The number of thiazole rings is 1. The maximum Gasteiger partial charge on any atom is 0.183 e. The molecule has 0 saturated carbocycles. The van der Waals surface area contributed by atoms with Gasteiger partial charge in [-0.2, -0.15) is 0 Å². The first-order valence-electron chi connectivity index (χ1n) is 3.73. The van der Waals surface area contributed by atoms with Crippen LogP contribution in [-0.4, -0.2) is 20.4 Å². The Hall–Kier alpha value is -0.810. The second-order valence-corrected chi connectivity index (χ2v) is 5.35. The summed E-state index contributed by atoms with van der Waals surface area (Å²) in [5.74, 6) is 0. The van der Waals surface area contributed by atoms with E-state index in [0.717, 1.165) is 10.3 Å². The topological polar surface area (TPSA) is 42.9 Å². The molecule has 2 aromatic heterocycles. The van der Waals surface area contributed by atoms with E-state index in [1.807, 2.05) is 13.0 Å². The second-order valence-electron chi connectivity index (χ2n) is 2.77. The van der Waals surface area contributed by atoms with Gasteiger partial charge in [0.15, 0.2) is 9.99 Å². The van der Waals surface area contributed by atoms with Crippen LogP contribution >= 0.6 is 11.3 Å². The lowest BCUT2D eigenvalue weighted by atomic mass is 10.3. The number of nitrogens with zero attached hydrogens (tertiary/aromatic N) is 2. The molecule has 3 nitrogen and oxygen atoms in total. The molecule has 13 heavy (non-hydrogen) atoms. The van der Waals surface area contributed by atoms with Crippen molar-refractivity contribution in [1.82, 2.24) is 9.97 Å². The number of hydrogen-bond acceptors (Lipinski definition) is 4. The van der Waals surface area contributed by atoms with E-state index >= 15 is 0 Å². The molecule has 0 aliphatic rings. The Balaban J connectivity index is 2.68. The molecule has 0 aromatic carbocycles. The highest BCUT2D eigenvalue weighted by atomic mass is 32.2. The number of rotatable bonds is 1. The van der Waals surface area contributed by atoms with Crippen molar-refractivity contribution in [1.29, 1.82) is 0 Å². The smallest absolute Gasteiger partial charge is 0.183 e. The first-order valence-corrected chi connectivity index (χ1v) is 6.11. The molecule has 0 spiro atoms. The van der Waals surface area contributed by atoms with E-state index in [1.54, 1.807) is 12.5 Å². The first kappa shape index (κ1) is 8.77. The molecule has 0 N–H and O–H groups in total. The fraction of sp³-hybridized carbons (Fsp3) is 0.250. The monoisotopic (exact) mass is 212 g/mol. The molecule has 2 heterocycles. The van der Waals surface area contributed by atoms with Crippen molar-refractivity contribution in [3.05, 3.63) is 17.8 Å². The predicted molar refractivity (Wildman–Crippen MR) is 54.5 cm³/mol. The fourth-order valence-electron chi connectivity index (χ4n) is 1.02. The van der Waals surface area contributed by atoms with Crippen LogP contribution in [0.15, 0.2) is 16.6 Å². The summed E-state index contributed by atoms with van der Waals surface area (Å²) in [7, 11) is -1.00. The molecule has 5 heteroatoms. The van der Waals surface area contributed by atoms with Crippen LogP contribution in [-0.2, 0) is 10.8 Å². The predicted octanol–water partition coefficient (Wildman–Crippen LogP) is 1.74. The fourth-order valence-corrected chi connectivity index (χ4v) is 2.73. The van der Waals surface area contributed by atoms with Gasteiger partial charge in [-0.1, -0.05) is 0 Å². The lowest BCUT2D eigenvalue weighted by Gasteiger charge is -1.87. The minimum Gasteiger partial charge on any atom is -0.252 e. The zero-order valence-electron chi connectivity index (χ0n) is 7.27. The van der Waals surface area contributed by atoms with E-state index in [-0.39, 0.29) is 0 Å². The van der Waals surface area contributed by atoms with Crippen LogP contribution in [0, 0.1) is 6.92 Å². The van der Waals surface area contributed by atoms with Crippen LogP contribution in [0.2, 0.25) is 0 Å². The van der Waals surface area contributed by atoms with Gasteiger partial charge in [-0.25, -0.2) is 9.97 Å². The summed E-state index contributed by atoms with van der Waals surface area (Å²) in [6.07, 6.45) is 3.40. The molecule has 1 unspecified atom stereocenters. The van der Waals surface area contributed by atoms with Crippen LogP contribution in [0.1, 0.15) is 5.56 Å². The third-order valence-corrected chi connectivity index (χ3v) is 3.93. The zero-order valence-corrected chi connectivity index (χ0v) is 8.91.